The van der Waals surface area contributed by atoms with Crippen LogP contribution in [0, 0.1) is 17.0 Å². The number of pyridine rings is 1. The van der Waals surface area contributed by atoms with Crippen molar-refractivity contribution < 1.29 is 4.92 Å². The van der Waals surface area contributed by atoms with Crippen LogP contribution < -0.4 is 5.56 Å². The van der Waals surface area contributed by atoms with E-state index < -0.39 is 10.5 Å². The van der Waals surface area contributed by atoms with Crippen LogP contribution in [0.5, 0.6) is 0 Å². The first-order chi connectivity index (χ1) is 8.50. The van der Waals surface area contributed by atoms with Crippen LogP contribution in [-0.2, 0) is 0 Å². The highest BCUT2D eigenvalue weighted by atomic mass is 16.6. The molecule has 1 aromatic heterocycles. The van der Waals surface area contributed by atoms with Gasteiger partial charge >= 0.3 is 11.2 Å². The van der Waals surface area contributed by atoms with Gasteiger partial charge in [0.2, 0.25) is 0 Å². The molecule has 0 radical (unpaired) electrons. The molecule has 0 spiro atoms. The molecule has 18 heavy (non-hydrogen) atoms. The number of nitro groups is 1. The van der Waals surface area contributed by atoms with Gasteiger partial charge in [-0.3, -0.25) is 14.9 Å². The molecule has 0 amide bonds. The van der Waals surface area contributed by atoms with E-state index in [2.05, 4.69) is 4.90 Å². The quantitative estimate of drug-likeness (QED) is 0.587. The molecule has 0 unspecified atom stereocenters. The van der Waals surface area contributed by atoms with Crippen LogP contribution in [0.1, 0.15) is 24.6 Å². The van der Waals surface area contributed by atoms with Crippen molar-refractivity contribution >= 4 is 5.69 Å². The average molecular weight is 251 g/mol. The molecular formula is C12H17N3O3. The highest BCUT2D eigenvalue weighted by molar-refractivity contribution is 5.28. The third-order valence-corrected chi connectivity index (χ3v) is 3.55. The number of rotatable bonds is 2. The second kappa shape index (κ2) is 4.89. The summed E-state index contributed by atoms with van der Waals surface area (Å²) >= 11 is 0. The van der Waals surface area contributed by atoms with Gasteiger partial charge < -0.3 is 9.47 Å². The predicted molar refractivity (Wildman–Crippen MR) is 67.9 cm³/mol. The zero-order valence-electron chi connectivity index (χ0n) is 10.6. The van der Waals surface area contributed by atoms with Gasteiger partial charge in [-0.25, -0.2) is 0 Å². The molecule has 0 aliphatic carbocycles. The van der Waals surface area contributed by atoms with Gasteiger partial charge in [0.15, 0.2) is 0 Å². The zero-order valence-corrected chi connectivity index (χ0v) is 10.6. The van der Waals surface area contributed by atoms with Gasteiger partial charge in [-0.15, -0.1) is 0 Å². The van der Waals surface area contributed by atoms with Crippen molar-refractivity contribution in [1.82, 2.24) is 9.47 Å². The Bertz CT molecular complexity index is 516. The van der Waals surface area contributed by atoms with Gasteiger partial charge in [0.25, 0.3) is 0 Å². The van der Waals surface area contributed by atoms with Crippen LogP contribution in [0.25, 0.3) is 0 Å². The Hall–Kier alpha value is -1.69. The minimum absolute atomic E-state index is 0.0774. The van der Waals surface area contributed by atoms with Gasteiger partial charge in [0.05, 0.1) is 4.92 Å². The van der Waals surface area contributed by atoms with E-state index in [1.165, 1.54) is 6.07 Å². The standard InChI is InChI=1S/C12H17N3O3/c1-9-3-4-11(15(17)18)12(16)14(9)10-5-7-13(2)8-6-10/h3-4,10H,5-8H2,1-2H3. The minimum Gasteiger partial charge on any atom is -0.306 e. The predicted octanol–water partition coefficient (Wildman–Crippen LogP) is 1.33. The Balaban J connectivity index is 2.41. The van der Waals surface area contributed by atoms with E-state index in [1.54, 1.807) is 10.6 Å². The smallest absolute Gasteiger partial charge is 0.306 e. The summed E-state index contributed by atoms with van der Waals surface area (Å²) < 4.78 is 1.59. The highest BCUT2D eigenvalue weighted by Gasteiger charge is 2.24. The van der Waals surface area contributed by atoms with Crippen LogP contribution >= 0.6 is 0 Å². The molecule has 1 aromatic rings. The first-order valence-electron chi connectivity index (χ1n) is 6.06. The largest absolute Gasteiger partial charge is 0.334 e. The lowest BCUT2D eigenvalue weighted by Crippen LogP contribution is -2.36. The fraction of sp³-hybridized carbons (Fsp3) is 0.583. The molecule has 6 nitrogen and oxygen atoms in total. The fourth-order valence-corrected chi connectivity index (χ4v) is 2.48. The van der Waals surface area contributed by atoms with Gasteiger partial charge in [-0.1, -0.05) is 0 Å². The fourth-order valence-electron chi connectivity index (χ4n) is 2.48. The van der Waals surface area contributed by atoms with Gasteiger partial charge in [-0.05, 0) is 46.0 Å². The van der Waals surface area contributed by atoms with E-state index >= 15 is 0 Å². The number of hydrogen-bond acceptors (Lipinski definition) is 4. The molecule has 0 saturated carbocycles. The number of aryl methyl sites for hydroxylation is 1. The topological polar surface area (TPSA) is 68.4 Å². The maximum absolute atomic E-state index is 12.1. The second-order valence-corrected chi connectivity index (χ2v) is 4.83. The summed E-state index contributed by atoms with van der Waals surface area (Å²) in [6.07, 6.45) is 1.72. The lowest BCUT2D eigenvalue weighted by molar-refractivity contribution is -0.386. The monoisotopic (exact) mass is 251 g/mol. The SMILES string of the molecule is Cc1ccc([N+](=O)[O-])c(=O)n1C1CCN(C)CC1. The number of hydrogen-bond donors (Lipinski definition) is 0. The summed E-state index contributed by atoms with van der Waals surface area (Å²) in [5.74, 6) is 0. The van der Waals surface area contributed by atoms with Crippen LogP contribution in [-0.4, -0.2) is 34.5 Å². The van der Waals surface area contributed by atoms with E-state index in [-0.39, 0.29) is 11.7 Å². The summed E-state index contributed by atoms with van der Waals surface area (Å²) in [5, 5.41) is 10.8. The second-order valence-electron chi connectivity index (χ2n) is 4.83. The van der Waals surface area contributed by atoms with Crippen LogP contribution in [0.2, 0.25) is 0 Å². The molecule has 6 heteroatoms. The summed E-state index contributed by atoms with van der Waals surface area (Å²) in [6.45, 7) is 3.65. The molecule has 2 heterocycles. The van der Waals surface area contributed by atoms with E-state index in [0.717, 1.165) is 31.6 Å². The molecule has 0 atom stereocenters. The number of aromatic nitrogens is 1. The molecular weight excluding hydrogens is 234 g/mol. The molecule has 1 aliphatic rings. The van der Waals surface area contributed by atoms with E-state index in [4.69, 9.17) is 0 Å². The molecule has 2 rings (SSSR count). The maximum Gasteiger partial charge on any atom is 0.334 e. The minimum atomic E-state index is -0.604. The van der Waals surface area contributed by atoms with Gasteiger partial charge in [0, 0.05) is 17.8 Å². The molecule has 0 N–H and O–H groups in total. The maximum atomic E-state index is 12.1. The Kier molecular flexibility index (Phi) is 3.47. The van der Waals surface area contributed by atoms with Crippen molar-refractivity contribution in [3.8, 4) is 0 Å². The van der Waals surface area contributed by atoms with E-state index in [9.17, 15) is 14.9 Å². The van der Waals surface area contributed by atoms with E-state index in [1.807, 2.05) is 14.0 Å². The Morgan fingerprint density at radius 3 is 2.50 bits per heavy atom. The summed E-state index contributed by atoms with van der Waals surface area (Å²) in [6, 6.07) is 3.02. The van der Waals surface area contributed by atoms with Crippen LogP contribution in [0.4, 0.5) is 5.69 Å². The highest BCUT2D eigenvalue weighted by Crippen LogP contribution is 2.22. The summed E-state index contributed by atoms with van der Waals surface area (Å²) in [7, 11) is 2.04. The average Bonchev–Trinajstić information content (AvgIpc) is 2.31. The first kappa shape index (κ1) is 12.8. The molecule has 1 saturated heterocycles. The third kappa shape index (κ3) is 2.28. The van der Waals surface area contributed by atoms with Crippen LogP contribution in [0.15, 0.2) is 16.9 Å². The third-order valence-electron chi connectivity index (χ3n) is 3.55. The van der Waals surface area contributed by atoms with Gasteiger partial charge in [0.1, 0.15) is 0 Å². The van der Waals surface area contributed by atoms with Crippen molar-refractivity contribution in [3.63, 3.8) is 0 Å². The Labute approximate surface area is 105 Å². The summed E-state index contributed by atoms with van der Waals surface area (Å²) in [4.78, 5) is 24.5. The normalized spacial score (nSPS) is 17.9. The van der Waals surface area contributed by atoms with Crippen LogP contribution in [0.3, 0.4) is 0 Å². The first-order valence-corrected chi connectivity index (χ1v) is 6.06. The molecule has 1 fully saturated rings. The van der Waals surface area contributed by atoms with Crippen molar-refractivity contribution in [1.29, 1.82) is 0 Å². The van der Waals surface area contributed by atoms with Crippen molar-refractivity contribution in [2.75, 3.05) is 20.1 Å². The number of piperidine rings is 1. The van der Waals surface area contributed by atoms with Crippen molar-refractivity contribution in [2.24, 2.45) is 0 Å². The molecule has 98 valence electrons. The van der Waals surface area contributed by atoms with E-state index in [0.29, 0.717) is 0 Å². The zero-order chi connectivity index (χ0) is 13.3. The Morgan fingerprint density at radius 2 is 1.94 bits per heavy atom. The lowest BCUT2D eigenvalue weighted by atomic mass is 10.0. The molecule has 0 bridgehead atoms. The van der Waals surface area contributed by atoms with Gasteiger partial charge in [-0.2, -0.15) is 0 Å². The summed E-state index contributed by atoms with van der Waals surface area (Å²) in [5.41, 5.74) is -0.0192. The lowest BCUT2D eigenvalue weighted by Gasteiger charge is -2.31. The number of nitrogens with zero attached hydrogens (tertiary/aromatic N) is 3. The van der Waals surface area contributed by atoms with Crippen molar-refractivity contribution in [2.45, 2.75) is 25.8 Å². The molecule has 1 aliphatic heterocycles. The molecule has 0 aromatic carbocycles. The number of likely N-dealkylation sites (tertiary alicyclic amines) is 1. The Morgan fingerprint density at radius 1 is 1.33 bits per heavy atom. The van der Waals surface area contributed by atoms with Crippen molar-refractivity contribution in [3.05, 3.63) is 38.3 Å².